The summed E-state index contributed by atoms with van der Waals surface area (Å²) in [6, 6.07) is 15.5. The Kier molecular flexibility index (Phi) is 6.20. The highest BCUT2D eigenvalue weighted by Gasteiger charge is 2.20. The average Bonchev–Trinajstić information content (AvgIpc) is 3.02. The minimum absolute atomic E-state index is 0.0340. The maximum absolute atomic E-state index is 13.7. The number of nitrogens with one attached hydrogen (secondary N) is 2. The van der Waals surface area contributed by atoms with E-state index in [1.807, 2.05) is 49.6 Å². The Bertz CT molecular complexity index is 1090. The van der Waals surface area contributed by atoms with Crippen molar-refractivity contribution >= 4 is 11.8 Å². The summed E-state index contributed by atoms with van der Waals surface area (Å²) in [5.74, 6) is -1.65. The van der Waals surface area contributed by atoms with Gasteiger partial charge < -0.3 is 9.30 Å². The van der Waals surface area contributed by atoms with Gasteiger partial charge >= 0.3 is 0 Å². The van der Waals surface area contributed by atoms with E-state index in [1.54, 1.807) is 12.1 Å². The number of nitrogens with zero attached hydrogens (tertiary/aromatic N) is 1. The number of amides is 2. The van der Waals surface area contributed by atoms with Crippen molar-refractivity contribution in [2.45, 2.75) is 33.8 Å². The molecule has 0 aliphatic rings. The van der Waals surface area contributed by atoms with Crippen LogP contribution in [0.2, 0.25) is 0 Å². The number of rotatable bonds is 5. The van der Waals surface area contributed by atoms with Crippen molar-refractivity contribution in [2.24, 2.45) is 0 Å². The standard InChI is InChI=1S/C23H24FN3O3/c1-14-9-5-7-11-20(14)27-15(2)13-18(16(27)3)23(29)26-25-22(28)17(4)30-21-12-8-6-10-19(21)24/h5-13,17H,1-4H3,(H,25,28)(H,26,29). The number of aryl methyl sites for hydroxylation is 2. The molecule has 7 heteroatoms. The van der Waals surface area contributed by atoms with Gasteiger partial charge in [-0.2, -0.15) is 0 Å². The summed E-state index contributed by atoms with van der Waals surface area (Å²) in [5, 5.41) is 0. The zero-order valence-corrected chi connectivity index (χ0v) is 17.3. The summed E-state index contributed by atoms with van der Waals surface area (Å²) in [4.78, 5) is 24.9. The van der Waals surface area contributed by atoms with Crippen LogP contribution in [-0.4, -0.2) is 22.5 Å². The smallest absolute Gasteiger partial charge is 0.279 e. The van der Waals surface area contributed by atoms with Gasteiger partial charge in [0.2, 0.25) is 0 Å². The summed E-state index contributed by atoms with van der Waals surface area (Å²) in [6.45, 7) is 7.24. The Hall–Kier alpha value is -3.61. The summed E-state index contributed by atoms with van der Waals surface area (Å²) in [7, 11) is 0. The second kappa shape index (κ2) is 8.82. The molecular formula is C23H24FN3O3. The third kappa shape index (κ3) is 4.35. The molecule has 1 unspecified atom stereocenters. The molecule has 0 aliphatic heterocycles. The number of carbonyl (C=O) groups is 2. The van der Waals surface area contributed by atoms with E-state index in [0.29, 0.717) is 5.56 Å². The van der Waals surface area contributed by atoms with Gasteiger partial charge in [-0.25, -0.2) is 4.39 Å². The number of para-hydroxylation sites is 2. The Morgan fingerprint density at radius 2 is 1.67 bits per heavy atom. The molecule has 2 aromatic carbocycles. The minimum atomic E-state index is -0.999. The van der Waals surface area contributed by atoms with Gasteiger partial charge in [-0.05, 0) is 57.5 Å². The van der Waals surface area contributed by atoms with E-state index >= 15 is 0 Å². The first-order chi connectivity index (χ1) is 14.3. The fraction of sp³-hybridized carbons (Fsp3) is 0.217. The number of hydrazine groups is 1. The molecule has 0 spiro atoms. The van der Waals surface area contributed by atoms with Crippen molar-refractivity contribution in [1.29, 1.82) is 0 Å². The number of hydrogen-bond donors (Lipinski definition) is 2. The zero-order chi connectivity index (χ0) is 21.8. The molecule has 0 saturated carbocycles. The first-order valence-electron chi connectivity index (χ1n) is 9.56. The lowest BCUT2D eigenvalue weighted by molar-refractivity contribution is -0.128. The van der Waals surface area contributed by atoms with Gasteiger partial charge in [-0.15, -0.1) is 0 Å². The quantitative estimate of drug-likeness (QED) is 0.630. The molecule has 1 aromatic heterocycles. The number of halogens is 1. The van der Waals surface area contributed by atoms with E-state index in [4.69, 9.17) is 4.74 Å². The van der Waals surface area contributed by atoms with Crippen LogP contribution in [-0.2, 0) is 4.79 Å². The van der Waals surface area contributed by atoms with Gasteiger partial charge in [-0.1, -0.05) is 30.3 Å². The van der Waals surface area contributed by atoms with Crippen molar-refractivity contribution in [3.05, 3.63) is 82.9 Å². The van der Waals surface area contributed by atoms with Crippen molar-refractivity contribution < 1.29 is 18.7 Å². The lowest BCUT2D eigenvalue weighted by Gasteiger charge is -2.16. The molecule has 2 N–H and O–H groups in total. The molecule has 1 atom stereocenters. The predicted molar refractivity (Wildman–Crippen MR) is 112 cm³/mol. The van der Waals surface area contributed by atoms with Crippen molar-refractivity contribution in [3.8, 4) is 11.4 Å². The number of ether oxygens (including phenoxy) is 1. The van der Waals surface area contributed by atoms with Gasteiger partial charge in [0.05, 0.1) is 5.56 Å². The number of carbonyl (C=O) groups excluding carboxylic acids is 2. The Morgan fingerprint density at radius 3 is 2.37 bits per heavy atom. The van der Waals surface area contributed by atoms with E-state index in [2.05, 4.69) is 10.9 Å². The zero-order valence-electron chi connectivity index (χ0n) is 17.3. The van der Waals surface area contributed by atoms with Gasteiger partial charge in [0.25, 0.3) is 11.8 Å². The highest BCUT2D eigenvalue weighted by molar-refractivity contribution is 5.97. The molecule has 0 radical (unpaired) electrons. The number of benzene rings is 2. The van der Waals surface area contributed by atoms with Crippen LogP contribution in [0, 0.1) is 26.6 Å². The summed E-state index contributed by atoms with van der Waals surface area (Å²) in [5.41, 5.74) is 8.90. The second-order valence-corrected chi connectivity index (χ2v) is 7.04. The first kappa shape index (κ1) is 21.1. The van der Waals surface area contributed by atoms with Gasteiger partial charge in [0.1, 0.15) is 0 Å². The largest absolute Gasteiger partial charge is 0.478 e. The normalized spacial score (nSPS) is 11.6. The summed E-state index contributed by atoms with van der Waals surface area (Å²) < 4.78 is 21.0. The molecular weight excluding hydrogens is 385 g/mol. The van der Waals surface area contributed by atoms with Crippen LogP contribution >= 0.6 is 0 Å². The van der Waals surface area contributed by atoms with Crippen LogP contribution in [0.1, 0.15) is 34.2 Å². The third-order valence-electron chi connectivity index (χ3n) is 4.84. The molecule has 30 heavy (non-hydrogen) atoms. The molecule has 3 aromatic rings. The monoisotopic (exact) mass is 409 g/mol. The van der Waals surface area contributed by atoms with Gasteiger partial charge in [0.15, 0.2) is 17.7 Å². The second-order valence-electron chi connectivity index (χ2n) is 7.04. The molecule has 0 fully saturated rings. The average molecular weight is 409 g/mol. The molecule has 0 aliphatic carbocycles. The molecule has 156 valence electrons. The fourth-order valence-electron chi connectivity index (χ4n) is 3.25. The van der Waals surface area contributed by atoms with Crippen LogP contribution in [0.25, 0.3) is 5.69 Å². The van der Waals surface area contributed by atoms with Crippen LogP contribution in [0.5, 0.6) is 5.75 Å². The third-order valence-corrected chi connectivity index (χ3v) is 4.84. The molecule has 0 bridgehead atoms. The molecule has 0 saturated heterocycles. The van der Waals surface area contributed by atoms with E-state index in [0.717, 1.165) is 22.6 Å². The maximum Gasteiger partial charge on any atom is 0.279 e. The van der Waals surface area contributed by atoms with E-state index < -0.39 is 23.7 Å². The molecule has 6 nitrogen and oxygen atoms in total. The maximum atomic E-state index is 13.7. The summed E-state index contributed by atoms with van der Waals surface area (Å²) >= 11 is 0. The Morgan fingerprint density at radius 1 is 1.00 bits per heavy atom. The van der Waals surface area contributed by atoms with E-state index in [9.17, 15) is 14.0 Å². The minimum Gasteiger partial charge on any atom is -0.478 e. The predicted octanol–water partition coefficient (Wildman–Crippen LogP) is 3.77. The lowest BCUT2D eigenvalue weighted by Crippen LogP contribution is -2.47. The fourth-order valence-corrected chi connectivity index (χ4v) is 3.25. The van der Waals surface area contributed by atoms with Crippen molar-refractivity contribution in [1.82, 2.24) is 15.4 Å². The molecule has 3 rings (SSSR count). The van der Waals surface area contributed by atoms with E-state index in [-0.39, 0.29) is 5.75 Å². The van der Waals surface area contributed by atoms with Gasteiger partial charge in [0, 0.05) is 17.1 Å². The first-order valence-corrected chi connectivity index (χ1v) is 9.56. The van der Waals surface area contributed by atoms with Crippen molar-refractivity contribution in [2.75, 3.05) is 0 Å². The van der Waals surface area contributed by atoms with Crippen LogP contribution in [0.15, 0.2) is 54.6 Å². The highest BCUT2D eigenvalue weighted by atomic mass is 19.1. The number of aromatic nitrogens is 1. The van der Waals surface area contributed by atoms with Crippen LogP contribution < -0.4 is 15.6 Å². The molecule has 1 heterocycles. The van der Waals surface area contributed by atoms with Crippen molar-refractivity contribution in [3.63, 3.8) is 0 Å². The topological polar surface area (TPSA) is 72.4 Å². The lowest BCUT2D eigenvalue weighted by atomic mass is 10.2. The van der Waals surface area contributed by atoms with Crippen LogP contribution in [0.4, 0.5) is 4.39 Å². The highest BCUT2D eigenvalue weighted by Crippen LogP contribution is 2.23. The SMILES string of the molecule is Cc1ccccc1-n1c(C)cc(C(=O)NNC(=O)C(C)Oc2ccccc2F)c1C. The molecule has 2 amide bonds. The Labute approximate surface area is 174 Å². The van der Waals surface area contributed by atoms with Gasteiger partial charge in [-0.3, -0.25) is 20.4 Å². The van der Waals surface area contributed by atoms with Crippen LogP contribution in [0.3, 0.4) is 0 Å². The number of hydrogen-bond acceptors (Lipinski definition) is 3. The van der Waals surface area contributed by atoms with E-state index in [1.165, 1.54) is 25.1 Å². The summed E-state index contributed by atoms with van der Waals surface area (Å²) in [6.07, 6.45) is -0.999. The Balaban J connectivity index is 1.68.